The Morgan fingerprint density at radius 2 is 1.81 bits per heavy atom. The molecule has 0 radical (unpaired) electrons. The van der Waals surface area contributed by atoms with Crippen LogP contribution < -0.4 is 10.1 Å². The van der Waals surface area contributed by atoms with Crippen LogP contribution in [0.4, 0.5) is 0 Å². The van der Waals surface area contributed by atoms with Crippen molar-refractivity contribution in [3.8, 4) is 5.75 Å². The first-order valence-electron chi connectivity index (χ1n) is 6.96. The van der Waals surface area contributed by atoms with Crippen LogP contribution in [0, 0.1) is 17.3 Å². The fourth-order valence-electron chi connectivity index (χ4n) is 2.87. The number of rotatable bonds is 5. The highest BCUT2D eigenvalue weighted by Gasteiger charge is 2.65. The Kier molecular flexibility index (Phi) is 3.94. The van der Waals surface area contributed by atoms with Crippen molar-refractivity contribution in [1.29, 1.82) is 0 Å². The normalized spacial score (nSPS) is 24.0. The molecule has 1 amide bonds. The second-order valence-corrected chi connectivity index (χ2v) is 6.12. The van der Waals surface area contributed by atoms with E-state index in [1.165, 1.54) is 0 Å². The molecule has 21 heavy (non-hydrogen) atoms. The predicted molar refractivity (Wildman–Crippen MR) is 77.9 cm³/mol. The molecule has 114 valence electrons. The van der Waals surface area contributed by atoms with E-state index in [2.05, 4.69) is 5.32 Å². The molecule has 0 aromatic heterocycles. The van der Waals surface area contributed by atoms with Gasteiger partial charge >= 0.3 is 5.97 Å². The van der Waals surface area contributed by atoms with Gasteiger partial charge in [-0.1, -0.05) is 26.0 Å². The van der Waals surface area contributed by atoms with E-state index in [9.17, 15) is 9.59 Å². The van der Waals surface area contributed by atoms with Gasteiger partial charge in [0.25, 0.3) is 0 Å². The largest absolute Gasteiger partial charge is 0.497 e. The fourth-order valence-corrected chi connectivity index (χ4v) is 2.87. The lowest BCUT2D eigenvalue weighted by Gasteiger charge is -2.15. The summed E-state index contributed by atoms with van der Waals surface area (Å²) in [4.78, 5) is 23.4. The lowest BCUT2D eigenvalue weighted by atomic mass is 10.1. The third-order valence-electron chi connectivity index (χ3n) is 4.35. The number of carboxylic acid groups (broad SMARTS) is 1. The van der Waals surface area contributed by atoms with E-state index in [0.29, 0.717) is 0 Å². The number of benzene rings is 1. The van der Waals surface area contributed by atoms with Crippen molar-refractivity contribution >= 4 is 11.9 Å². The van der Waals surface area contributed by atoms with Crippen LogP contribution in [0.5, 0.6) is 5.75 Å². The maximum atomic E-state index is 12.2. The van der Waals surface area contributed by atoms with Crippen LogP contribution in [0.15, 0.2) is 24.3 Å². The molecule has 0 spiro atoms. The average molecular weight is 291 g/mol. The highest BCUT2D eigenvalue weighted by atomic mass is 16.5. The summed E-state index contributed by atoms with van der Waals surface area (Å²) in [5, 5.41) is 12.0. The first kappa shape index (κ1) is 15.4. The zero-order chi connectivity index (χ0) is 15.8. The van der Waals surface area contributed by atoms with Crippen molar-refractivity contribution in [1.82, 2.24) is 5.32 Å². The maximum Gasteiger partial charge on any atom is 0.307 e. The molecule has 1 saturated carbocycles. The molecule has 1 unspecified atom stereocenters. The highest BCUT2D eigenvalue weighted by Crippen LogP contribution is 2.58. The molecule has 0 saturated heterocycles. The van der Waals surface area contributed by atoms with E-state index in [-0.39, 0.29) is 11.9 Å². The number of amides is 1. The van der Waals surface area contributed by atoms with Gasteiger partial charge in [0, 0.05) is 0 Å². The summed E-state index contributed by atoms with van der Waals surface area (Å²) in [6, 6.07) is 7.26. The van der Waals surface area contributed by atoms with Crippen molar-refractivity contribution < 1.29 is 19.4 Å². The van der Waals surface area contributed by atoms with Crippen molar-refractivity contribution in [2.75, 3.05) is 7.11 Å². The van der Waals surface area contributed by atoms with Crippen LogP contribution in [-0.4, -0.2) is 24.1 Å². The van der Waals surface area contributed by atoms with Gasteiger partial charge in [-0.3, -0.25) is 9.59 Å². The third kappa shape index (κ3) is 2.86. The van der Waals surface area contributed by atoms with Gasteiger partial charge in [0.2, 0.25) is 5.91 Å². The zero-order valence-electron chi connectivity index (χ0n) is 12.7. The molecule has 3 atom stereocenters. The van der Waals surface area contributed by atoms with Crippen molar-refractivity contribution in [3.63, 3.8) is 0 Å². The van der Waals surface area contributed by atoms with Crippen LogP contribution in [0.1, 0.15) is 32.4 Å². The Hall–Kier alpha value is -2.04. The maximum absolute atomic E-state index is 12.2. The summed E-state index contributed by atoms with van der Waals surface area (Å²) in [5.74, 6) is -1.41. The smallest absolute Gasteiger partial charge is 0.307 e. The van der Waals surface area contributed by atoms with E-state index in [0.717, 1.165) is 11.3 Å². The number of carboxylic acids is 1. The second kappa shape index (κ2) is 5.39. The zero-order valence-corrected chi connectivity index (χ0v) is 12.7. The van der Waals surface area contributed by atoms with E-state index >= 15 is 0 Å². The molecule has 5 heteroatoms. The molecular formula is C16H21NO4. The van der Waals surface area contributed by atoms with E-state index in [1.54, 1.807) is 7.11 Å². The summed E-state index contributed by atoms with van der Waals surface area (Å²) < 4.78 is 5.09. The number of ether oxygens (including phenoxy) is 1. The Morgan fingerprint density at radius 1 is 1.24 bits per heavy atom. The van der Waals surface area contributed by atoms with Gasteiger partial charge in [-0.25, -0.2) is 0 Å². The molecule has 1 aliphatic rings. The van der Waals surface area contributed by atoms with Crippen molar-refractivity contribution in [3.05, 3.63) is 29.8 Å². The minimum Gasteiger partial charge on any atom is -0.497 e. The molecule has 2 rings (SSSR count). The van der Waals surface area contributed by atoms with Gasteiger partial charge in [-0.15, -0.1) is 0 Å². The van der Waals surface area contributed by atoms with Gasteiger partial charge in [0.15, 0.2) is 0 Å². The molecule has 5 nitrogen and oxygen atoms in total. The molecule has 1 fully saturated rings. The Balaban J connectivity index is 2.01. The second-order valence-electron chi connectivity index (χ2n) is 6.12. The minimum absolute atomic E-state index is 0.172. The summed E-state index contributed by atoms with van der Waals surface area (Å²) >= 11 is 0. The van der Waals surface area contributed by atoms with Crippen molar-refractivity contribution in [2.24, 2.45) is 17.3 Å². The molecule has 0 heterocycles. The lowest BCUT2D eigenvalue weighted by Crippen LogP contribution is -2.30. The Morgan fingerprint density at radius 3 is 2.24 bits per heavy atom. The molecule has 1 aliphatic carbocycles. The number of carbonyl (C=O) groups excluding carboxylic acids is 1. The molecule has 2 N–H and O–H groups in total. The quantitative estimate of drug-likeness (QED) is 0.872. The van der Waals surface area contributed by atoms with Crippen LogP contribution in [0.3, 0.4) is 0 Å². The predicted octanol–water partition coefficient (Wildman–Crippen LogP) is 2.23. The fraction of sp³-hybridized carbons (Fsp3) is 0.500. The van der Waals surface area contributed by atoms with Crippen molar-refractivity contribution in [2.45, 2.75) is 26.8 Å². The van der Waals surface area contributed by atoms with Gasteiger partial charge in [-0.2, -0.15) is 0 Å². The summed E-state index contributed by atoms with van der Waals surface area (Å²) in [6.07, 6.45) is 0. The summed E-state index contributed by atoms with van der Waals surface area (Å²) in [6.45, 7) is 5.51. The standard InChI is InChI=1S/C16H21NO4/c1-9(10-5-7-11(21-4)8-6-10)17-14(18)12-13(15(19)20)16(12,2)3/h5-9,12-13H,1-4H3,(H,17,18)(H,19,20)/t9?,12-,13+/m1/s1. The molecular weight excluding hydrogens is 270 g/mol. The van der Waals surface area contributed by atoms with Crippen LogP contribution >= 0.6 is 0 Å². The first-order valence-corrected chi connectivity index (χ1v) is 6.96. The van der Waals surface area contributed by atoms with Crippen LogP contribution in [0.25, 0.3) is 0 Å². The summed E-state index contributed by atoms with van der Waals surface area (Å²) in [7, 11) is 1.60. The third-order valence-corrected chi connectivity index (χ3v) is 4.35. The van der Waals surface area contributed by atoms with Gasteiger partial charge in [0.05, 0.1) is 25.0 Å². The SMILES string of the molecule is COc1ccc(C(C)NC(=O)[C@H]2[C@@H](C(=O)O)C2(C)C)cc1. The Bertz CT molecular complexity index is 550. The number of hydrogen-bond donors (Lipinski definition) is 2. The van der Waals surface area contributed by atoms with Gasteiger partial charge in [-0.05, 0) is 30.0 Å². The van der Waals surface area contributed by atoms with Gasteiger partial charge in [0.1, 0.15) is 5.75 Å². The summed E-state index contributed by atoms with van der Waals surface area (Å²) in [5.41, 5.74) is 0.477. The molecule has 0 aliphatic heterocycles. The van der Waals surface area contributed by atoms with E-state index < -0.39 is 23.2 Å². The van der Waals surface area contributed by atoms with Crippen LogP contribution in [0.2, 0.25) is 0 Å². The van der Waals surface area contributed by atoms with E-state index in [4.69, 9.17) is 9.84 Å². The van der Waals surface area contributed by atoms with Crippen LogP contribution in [-0.2, 0) is 9.59 Å². The molecule has 1 aromatic carbocycles. The number of nitrogens with one attached hydrogen (secondary N) is 1. The number of carbonyl (C=O) groups is 2. The number of aliphatic carboxylic acids is 1. The average Bonchev–Trinajstić information content (AvgIpc) is 3.02. The first-order chi connectivity index (χ1) is 9.78. The Labute approximate surface area is 124 Å². The highest BCUT2D eigenvalue weighted by molar-refractivity contribution is 5.91. The van der Waals surface area contributed by atoms with E-state index in [1.807, 2.05) is 45.0 Å². The monoisotopic (exact) mass is 291 g/mol. The molecule has 0 bridgehead atoms. The topological polar surface area (TPSA) is 75.6 Å². The lowest BCUT2D eigenvalue weighted by molar-refractivity contribution is -0.140. The molecule has 1 aromatic rings. The number of hydrogen-bond acceptors (Lipinski definition) is 3. The number of methoxy groups -OCH3 is 1. The van der Waals surface area contributed by atoms with Gasteiger partial charge < -0.3 is 15.2 Å². The minimum atomic E-state index is -0.905.